The number of amides is 2. The maximum atomic E-state index is 13.4. The zero-order valence-corrected chi connectivity index (χ0v) is 31.7. The average molecular weight is 748 g/mol. The fourth-order valence-electron chi connectivity index (χ4n) is 5.45. The lowest BCUT2D eigenvalue weighted by atomic mass is 9.80. The Morgan fingerprint density at radius 2 is 1.39 bits per heavy atom. The van der Waals surface area contributed by atoms with Crippen LogP contribution in [-0.2, 0) is 33.3 Å². The zero-order chi connectivity index (χ0) is 39.8. The number of allylic oxidation sites excluding steroid dienone is 7. The summed E-state index contributed by atoms with van der Waals surface area (Å²) < 4.78 is 22.5. The van der Waals surface area contributed by atoms with Gasteiger partial charge in [-0.3, -0.25) is 4.79 Å². The minimum atomic E-state index is -0.626. The Kier molecular flexibility index (Phi) is 16.5. The van der Waals surface area contributed by atoms with Crippen molar-refractivity contribution in [3.05, 3.63) is 95.3 Å². The standard InChI is InChI=1S/C40H50N4O10/c1-8-43(20-24-53-39(49)41-18-22-51-37(47)26(3)4)31-15-12-30(13-16-31)34-35(45)33(36(34)46)29-11-10-28(7)32(17-14-29)44(9-2)21-25-54-40(50)42-19-23-52-38(48)27(5)6/h10-17,28H,3,5,8-9,18-25H2,1-2,4,6-7H3,(H2-,41,42,45,46,49,50)/p+1/t28-/m0/s1. The number of likely N-dealkylation sites (N-methyl/N-ethyl adjacent to an activating group) is 2. The first kappa shape index (κ1) is 42.5. The van der Waals surface area contributed by atoms with E-state index in [2.05, 4.69) is 28.4 Å². The van der Waals surface area contributed by atoms with Gasteiger partial charge in [0.05, 0.1) is 36.7 Å². The highest BCUT2D eigenvalue weighted by Crippen LogP contribution is 2.39. The van der Waals surface area contributed by atoms with Gasteiger partial charge >= 0.3 is 24.1 Å². The van der Waals surface area contributed by atoms with Crippen molar-refractivity contribution in [1.29, 1.82) is 0 Å². The number of carbonyl (C=O) groups is 5. The molecule has 2 aliphatic rings. The molecule has 0 saturated carbocycles. The number of hydrogen-bond acceptors (Lipinski definition) is 11. The molecule has 54 heavy (non-hydrogen) atoms. The monoisotopic (exact) mass is 747 g/mol. The van der Waals surface area contributed by atoms with Gasteiger partial charge in [-0.1, -0.05) is 37.4 Å². The highest BCUT2D eigenvalue weighted by Gasteiger charge is 2.36. The predicted octanol–water partition coefficient (Wildman–Crippen LogP) is 4.59. The van der Waals surface area contributed by atoms with Crippen LogP contribution in [0.25, 0.3) is 5.57 Å². The van der Waals surface area contributed by atoms with Crippen LogP contribution in [-0.4, -0.2) is 111 Å². The van der Waals surface area contributed by atoms with E-state index >= 15 is 0 Å². The Hall–Kier alpha value is -5.92. The second-order valence-corrected chi connectivity index (χ2v) is 12.5. The molecule has 0 aromatic heterocycles. The SMILES string of the molecule is C=C(C)C(=O)OCCNC(=O)OCCN(CC)c1ccc(C2=C(O)/C(=C3/C=CC(=[N+](CC)CCOC(=O)NCCOC(=O)C(=C)C)[C@@H](C)C=C3)C2=O)cc1. The van der Waals surface area contributed by atoms with E-state index in [1.165, 1.54) is 6.92 Å². The first-order chi connectivity index (χ1) is 25.8. The number of alkyl carbamates (subject to hydrolysis) is 2. The van der Waals surface area contributed by atoms with Crippen LogP contribution >= 0.6 is 0 Å². The molecule has 0 heterocycles. The number of aliphatic hydroxyl groups is 1. The number of aliphatic hydroxyl groups excluding tert-OH is 1. The van der Waals surface area contributed by atoms with Crippen molar-refractivity contribution in [3.8, 4) is 0 Å². The highest BCUT2D eigenvalue weighted by atomic mass is 16.6. The van der Waals surface area contributed by atoms with Crippen LogP contribution in [0.15, 0.2) is 89.8 Å². The van der Waals surface area contributed by atoms with Crippen molar-refractivity contribution < 1.29 is 52.6 Å². The van der Waals surface area contributed by atoms with E-state index in [1.807, 2.05) is 56.0 Å². The van der Waals surface area contributed by atoms with Crippen LogP contribution in [0.1, 0.15) is 40.2 Å². The van der Waals surface area contributed by atoms with Gasteiger partial charge in [-0.25, -0.2) is 23.8 Å². The van der Waals surface area contributed by atoms with E-state index in [1.54, 1.807) is 25.1 Å². The number of esters is 2. The number of anilines is 1. The molecule has 1 aromatic rings. The molecule has 0 spiro atoms. The highest BCUT2D eigenvalue weighted by molar-refractivity contribution is 6.39. The van der Waals surface area contributed by atoms with Crippen molar-refractivity contribution in [1.82, 2.24) is 10.6 Å². The Bertz CT molecular complexity index is 1770. The summed E-state index contributed by atoms with van der Waals surface area (Å²) in [7, 11) is 0. The van der Waals surface area contributed by atoms with Crippen molar-refractivity contribution in [3.63, 3.8) is 0 Å². The smallest absolute Gasteiger partial charge is 0.407 e. The lowest BCUT2D eigenvalue weighted by Crippen LogP contribution is -2.32. The van der Waals surface area contributed by atoms with Crippen molar-refractivity contribution in [2.75, 3.05) is 70.6 Å². The molecule has 0 unspecified atom stereocenters. The molecule has 3 N–H and O–H groups in total. The van der Waals surface area contributed by atoms with E-state index in [4.69, 9.17) is 18.9 Å². The lowest BCUT2D eigenvalue weighted by molar-refractivity contribution is -0.527. The van der Waals surface area contributed by atoms with Crippen LogP contribution in [0, 0.1) is 5.92 Å². The molecule has 0 fully saturated rings. The summed E-state index contributed by atoms with van der Waals surface area (Å²) >= 11 is 0. The molecule has 290 valence electrons. The molecular weight excluding hydrogens is 696 g/mol. The number of hydrogen-bond donors (Lipinski definition) is 3. The van der Waals surface area contributed by atoms with E-state index < -0.39 is 24.1 Å². The molecule has 0 saturated heterocycles. The average Bonchev–Trinajstić information content (AvgIpc) is 3.33. The van der Waals surface area contributed by atoms with E-state index in [0.717, 1.165) is 11.4 Å². The molecule has 1 aromatic carbocycles. The number of ketones is 1. The molecule has 3 rings (SSSR count). The maximum absolute atomic E-state index is 13.4. The molecule has 1 atom stereocenters. The molecule has 14 nitrogen and oxygen atoms in total. The minimum absolute atomic E-state index is 0.00715. The van der Waals surface area contributed by atoms with Gasteiger partial charge in [0.15, 0.2) is 18.9 Å². The van der Waals surface area contributed by atoms with Gasteiger partial charge in [-0.15, -0.1) is 0 Å². The Morgan fingerprint density at radius 3 is 1.91 bits per heavy atom. The van der Waals surface area contributed by atoms with E-state index in [0.29, 0.717) is 37.3 Å². The van der Waals surface area contributed by atoms with Gasteiger partial charge in [0.25, 0.3) is 0 Å². The predicted molar refractivity (Wildman–Crippen MR) is 204 cm³/mol. The third kappa shape index (κ3) is 12.1. The Morgan fingerprint density at radius 1 is 0.815 bits per heavy atom. The van der Waals surface area contributed by atoms with Gasteiger partial charge in [0.2, 0.25) is 5.78 Å². The summed E-state index contributed by atoms with van der Waals surface area (Å²) in [5.74, 6) is -1.41. The fourth-order valence-corrected chi connectivity index (χ4v) is 5.45. The molecule has 0 radical (unpaired) electrons. The maximum Gasteiger partial charge on any atom is 0.407 e. The van der Waals surface area contributed by atoms with Crippen LogP contribution in [0.4, 0.5) is 15.3 Å². The summed E-state index contributed by atoms with van der Waals surface area (Å²) in [6.07, 6.45) is 6.26. The number of carbonyl (C=O) groups excluding carboxylic acids is 5. The number of nitrogens with zero attached hydrogens (tertiary/aromatic N) is 2. The van der Waals surface area contributed by atoms with Crippen LogP contribution < -0.4 is 15.5 Å². The number of benzene rings is 1. The number of rotatable bonds is 18. The van der Waals surface area contributed by atoms with Crippen LogP contribution in [0.5, 0.6) is 0 Å². The molecule has 0 bridgehead atoms. The second-order valence-electron chi connectivity index (χ2n) is 12.5. The topological polar surface area (TPSA) is 173 Å². The van der Waals surface area contributed by atoms with Gasteiger partial charge in [0, 0.05) is 29.5 Å². The summed E-state index contributed by atoms with van der Waals surface area (Å²) in [6.45, 7) is 18.6. The number of nitrogens with one attached hydrogen (secondary N) is 2. The van der Waals surface area contributed by atoms with Crippen molar-refractivity contribution in [2.24, 2.45) is 5.92 Å². The van der Waals surface area contributed by atoms with E-state index in [-0.39, 0.29) is 79.3 Å². The molecule has 2 amide bonds. The van der Waals surface area contributed by atoms with E-state index in [9.17, 15) is 29.1 Å². The summed E-state index contributed by atoms with van der Waals surface area (Å²) in [5, 5.41) is 16.1. The van der Waals surface area contributed by atoms with Crippen LogP contribution in [0.2, 0.25) is 0 Å². The summed E-state index contributed by atoms with van der Waals surface area (Å²) in [5.41, 5.74) is 4.02. The quantitative estimate of drug-likeness (QED) is 0.0631. The van der Waals surface area contributed by atoms with Gasteiger partial charge in [-0.05, 0) is 64.0 Å². The first-order valence-electron chi connectivity index (χ1n) is 17.8. The minimum Gasteiger partial charge on any atom is -0.506 e. The lowest BCUT2D eigenvalue weighted by Gasteiger charge is -2.25. The fraction of sp³-hybridized carbons (Fsp3) is 0.400. The number of ether oxygens (including phenoxy) is 4. The molecule has 14 heteroatoms. The third-order valence-electron chi connectivity index (χ3n) is 8.43. The summed E-state index contributed by atoms with van der Waals surface area (Å²) in [4.78, 5) is 62.3. The largest absolute Gasteiger partial charge is 0.506 e. The molecule has 2 aliphatic carbocycles. The second kappa shape index (κ2) is 20.9. The van der Waals surface area contributed by atoms with Crippen molar-refractivity contribution in [2.45, 2.75) is 34.6 Å². The first-order valence-corrected chi connectivity index (χ1v) is 17.8. The van der Waals surface area contributed by atoms with Gasteiger partial charge in [0.1, 0.15) is 32.1 Å². The van der Waals surface area contributed by atoms with Crippen molar-refractivity contribution >= 4 is 46.9 Å². The van der Waals surface area contributed by atoms with Crippen LogP contribution in [0.3, 0.4) is 0 Å². The van der Waals surface area contributed by atoms with Gasteiger partial charge < -0.3 is 39.6 Å². The Balaban J connectivity index is 1.58. The molecule has 0 aliphatic heterocycles. The summed E-state index contributed by atoms with van der Waals surface area (Å²) in [6, 6.07) is 7.23. The normalized spacial score (nSPS) is 17.1. The Labute approximate surface area is 316 Å². The van der Waals surface area contributed by atoms with Gasteiger partial charge in [-0.2, -0.15) is 0 Å². The zero-order valence-electron chi connectivity index (χ0n) is 31.7. The third-order valence-corrected chi connectivity index (χ3v) is 8.43. The number of Topliss-reactive ketones (excluding diaryl/α,β-unsaturated/α-hetero) is 1. The molecular formula is C40H51N4O10+.